The number of carbonyl (C=O) groups excluding carboxylic acids is 1. The molecule has 0 saturated carbocycles. The quantitative estimate of drug-likeness (QED) is 0.494. The first-order chi connectivity index (χ1) is 16.7. The number of amides is 1. The molecule has 2 aliphatic rings. The van der Waals surface area contributed by atoms with Crippen LogP contribution in [0, 0.1) is 11.6 Å². The number of rotatable bonds is 3. The van der Waals surface area contributed by atoms with Crippen molar-refractivity contribution in [2.75, 3.05) is 24.6 Å². The molecule has 1 aromatic heterocycles. The van der Waals surface area contributed by atoms with Gasteiger partial charge in [-0.15, -0.1) is 0 Å². The molecule has 182 valence electrons. The van der Waals surface area contributed by atoms with Gasteiger partial charge >= 0.3 is 0 Å². The summed E-state index contributed by atoms with van der Waals surface area (Å²) in [6, 6.07) is 6.36. The Labute approximate surface area is 206 Å². The van der Waals surface area contributed by atoms with Crippen LogP contribution in [0.1, 0.15) is 13.8 Å². The summed E-state index contributed by atoms with van der Waals surface area (Å²) in [6.07, 6.45) is 1.31. The summed E-state index contributed by atoms with van der Waals surface area (Å²) in [7, 11) is 0. The molecular weight excluding hydrogens is 476 g/mol. The Morgan fingerprint density at radius 3 is 2.66 bits per heavy atom. The van der Waals surface area contributed by atoms with E-state index in [4.69, 9.17) is 16.3 Å². The molecule has 5 rings (SSSR count). The minimum atomic E-state index is -0.771. The van der Waals surface area contributed by atoms with Crippen molar-refractivity contribution in [1.29, 1.82) is 0 Å². The number of anilines is 1. The molecule has 6 nitrogen and oxygen atoms in total. The largest absolute Gasteiger partial charge is 0.489 e. The van der Waals surface area contributed by atoms with E-state index in [0.717, 1.165) is 12.1 Å². The Hall–Kier alpha value is -3.39. The third-order valence-corrected chi connectivity index (χ3v) is 7.09. The van der Waals surface area contributed by atoms with Gasteiger partial charge in [-0.1, -0.05) is 18.2 Å². The minimum Gasteiger partial charge on any atom is -0.489 e. The zero-order valence-corrected chi connectivity index (χ0v) is 20.1. The first-order valence-electron chi connectivity index (χ1n) is 11.4. The predicted octanol–water partition coefficient (Wildman–Crippen LogP) is 4.60. The second-order valence-electron chi connectivity index (χ2n) is 9.00. The lowest BCUT2D eigenvalue weighted by Gasteiger charge is -2.45. The summed E-state index contributed by atoms with van der Waals surface area (Å²) in [5, 5.41) is 0.922. The van der Waals surface area contributed by atoms with Gasteiger partial charge in [0.2, 0.25) is 5.91 Å². The summed E-state index contributed by atoms with van der Waals surface area (Å²) < 4.78 is 35.9. The number of nitrogens with zero attached hydrogens (tertiary/aromatic N) is 3. The highest BCUT2D eigenvalue weighted by Gasteiger charge is 2.34. The van der Waals surface area contributed by atoms with Crippen LogP contribution in [0.5, 0.6) is 5.75 Å². The highest BCUT2D eigenvalue weighted by atomic mass is 35.5. The monoisotopic (exact) mass is 499 g/mol. The number of benzene rings is 2. The van der Waals surface area contributed by atoms with E-state index in [-0.39, 0.29) is 46.3 Å². The Morgan fingerprint density at radius 2 is 1.94 bits per heavy atom. The number of pyridine rings is 1. The van der Waals surface area contributed by atoms with E-state index in [0.29, 0.717) is 42.0 Å². The van der Waals surface area contributed by atoms with Crippen LogP contribution in [-0.4, -0.2) is 47.2 Å². The molecule has 0 aliphatic carbocycles. The van der Waals surface area contributed by atoms with E-state index in [1.165, 1.54) is 12.1 Å². The lowest BCUT2D eigenvalue weighted by atomic mass is 9.98. The van der Waals surface area contributed by atoms with Crippen molar-refractivity contribution in [2.24, 2.45) is 0 Å². The summed E-state index contributed by atoms with van der Waals surface area (Å²) in [5.74, 6) is -1.31. The van der Waals surface area contributed by atoms with Crippen molar-refractivity contribution in [1.82, 2.24) is 9.47 Å². The van der Waals surface area contributed by atoms with Gasteiger partial charge in [0, 0.05) is 53.8 Å². The molecule has 0 N–H and O–H groups in total. The average molecular weight is 500 g/mol. The fourth-order valence-electron chi connectivity index (χ4n) is 5.13. The molecule has 0 radical (unpaired) electrons. The number of carbonyl (C=O) groups is 1. The number of piperazine rings is 1. The van der Waals surface area contributed by atoms with E-state index in [2.05, 4.69) is 11.5 Å². The van der Waals surface area contributed by atoms with Gasteiger partial charge in [0.15, 0.2) is 5.75 Å². The molecule has 3 heterocycles. The summed E-state index contributed by atoms with van der Waals surface area (Å²) in [5.41, 5.74) is 1.36. The van der Waals surface area contributed by atoms with Gasteiger partial charge in [-0.2, -0.15) is 0 Å². The maximum atomic E-state index is 14.8. The van der Waals surface area contributed by atoms with Gasteiger partial charge in [-0.05, 0) is 38.1 Å². The van der Waals surface area contributed by atoms with Crippen LogP contribution in [0.4, 0.5) is 14.5 Å². The predicted molar refractivity (Wildman–Crippen MR) is 132 cm³/mol. The standard InChI is InChI=1S/C26H24ClF2N3O3/c1-4-22(33)32-13-14(2)31(12-15(32)3)21-11-23(34)30-7-8-35-26-24(19(27)10-18(21)25(26)30)17-6-5-16(28)9-20(17)29/h4-6,9-11,14-15H,1,7-8,12-13H2,2-3H3/t14?,15-/m1/s1. The van der Waals surface area contributed by atoms with Gasteiger partial charge in [0.25, 0.3) is 5.56 Å². The van der Waals surface area contributed by atoms with Crippen LogP contribution < -0.4 is 15.2 Å². The second-order valence-corrected chi connectivity index (χ2v) is 9.40. The number of aromatic nitrogens is 1. The lowest BCUT2D eigenvalue weighted by Crippen LogP contribution is -2.58. The van der Waals surface area contributed by atoms with Crippen LogP contribution in [-0.2, 0) is 11.3 Å². The lowest BCUT2D eigenvalue weighted by molar-refractivity contribution is -0.128. The molecule has 0 spiro atoms. The Morgan fingerprint density at radius 1 is 1.17 bits per heavy atom. The third-order valence-electron chi connectivity index (χ3n) is 6.79. The molecule has 35 heavy (non-hydrogen) atoms. The van der Waals surface area contributed by atoms with Crippen LogP contribution >= 0.6 is 11.6 Å². The maximum Gasteiger partial charge on any atom is 0.253 e. The van der Waals surface area contributed by atoms with Crippen LogP contribution in [0.25, 0.3) is 22.0 Å². The maximum absolute atomic E-state index is 14.8. The van der Waals surface area contributed by atoms with E-state index >= 15 is 0 Å². The molecule has 1 unspecified atom stereocenters. The van der Waals surface area contributed by atoms with Crippen molar-refractivity contribution in [3.8, 4) is 16.9 Å². The zero-order valence-electron chi connectivity index (χ0n) is 19.4. The Balaban J connectivity index is 1.72. The fourth-order valence-corrected chi connectivity index (χ4v) is 5.43. The zero-order chi connectivity index (χ0) is 25.0. The molecule has 9 heteroatoms. The molecular formula is C26H24ClF2N3O3. The van der Waals surface area contributed by atoms with E-state index in [1.54, 1.807) is 21.6 Å². The topological polar surface area (TPSA) is 54.8 Å². The smallest absolute Gasteiger partial charge is 0.253 e. The highest BCUT2D eigenvalue weighted by Crippen LogP contribution is 2.46. The van der Waals surface area contributed by atoms with Crippen molar-refractivity contribution in [2.45, 2.75) is 32.5 Å². The van der Waals surface area contributed by atoms with Gasteiger partial charge in [0.05, 0.1) is 22.8 Å². The molecule has 3 aromatic rings. The van der Waals surface area contributed by atoms with Crippen molar-refractivity contribution in [3.05, 3.63) is 70.0 Å². The summed E-state index contributed by atoms with van der Waals surface area (Å²) in [4.78, 5) is 29.3. The van der Waals surface area contributed by atoms with E-state index < -0.39 is 11.6 Å². The van der Waals surface area contributed by atoms with Crippen molar-refractivity contribution >= 4 is 34.1 Å². The first kappa shape index (κ1) is 23.4. The number of hydrogen-bond donors (Lipinski definition) is 0. The normalized spacial score (nSPS) is 19.6. The molecule has 1 fully saturated rings. The van der Waals surface area contributed by atoms with Gasteiger partial charge in [0.1, 0.15) is 18.2 Å². The molecule has 2 aliphatic heterocycles. The number of ether oxygens (including phenoxy) is 1. The molecule has 1 saturated heterocycles. The van der Waals surface area contributed by atoms with Gasteiger partial charge in [-0.25, -0.2) is 8.78 Å². The second kappa shape index (κ2) is 8.68. The summed E-state index contributed by atoms with van der Waals surface area (Å²) in [6.45, 7) is 9.04. The fraction of sp³-hybridized carbons (Fsp3) is 0.308. The molecule has 0 bridgehead atoms. The average Bonchev–Trinajstić information content (AvgIpc) is 2.83. The summed E-state index contributed by atoms with van der Waals surface area (Å²) >= 11 is 6.70. The Bertz CT molecular complexity index is 1440. The number of hydrogen-bond acceptors (Lipinski definition) is 4. The van der Waals surface area contributed by atoms with E-state index in [1.807, 2.05) is 13.8 Å². The first-order valence-corrected chi connectivity index (χ1v) is 11.8. The molecule has 2 aromatic carbocycles. The van der Waals surface area contributed by atoms with Gasteiger partial charge < -0.3 is 19.1 Å². The van der Waals surface area contributed by atoms with E-state index in [9.17, 15) is 18.4 Å². The molecule has 1 amide bonds. The SMILES string of the molecule is C=CC(=O)N1CC(C)N(c2cc(=O)n3c4c(c(-c5ccc(F)cc5F)c(Cl)cc24)OCC3)C[C@H]1C. The molecule has 2 atom stereocenters. The highest BCUT2D eigenvalue weighted by molar-refractivity contribution is 6.35. The Kier molecular flexibility index (Phi) is 5.79. The number of halogens is 3. The van der Waals surface area contributed by atoms with Crippen molar-refractivity contribution in [3.63, 3.8) is 0 Å². The minimum absolute atomic E-state index is 0.0890. The van der Waals surface area contributed by atoms with Gasteiger partial charge in [-0.3, -0.25) is 9.59 Å². The third kappa shape index (κ3) is 3.76. The van der Waals surface area contributed by atoms with Crippen LogP contribution in [0.3, 0.4) is 0 Å². The van der Waals surface area contributed by atoms with Crippen molar-refractivity contribution < 1.29 is 18.3 Å². The van der Waals surface area contributed by atoms with Crippen LogP contribution in [0.2, 0.25) is 5.02 Å². The van der Waals surface area contributed by atoms with Crippen LogP contribution in [0.15, 0.2) is 47.8 Å².